The van der Waals surface area contributed by atoms with Crippen LogP contribution in [0.5, 0.6) is 0 Å². The summed E-state index contributed by atoms with van der Waals surface area (Å²) in [5, 5.41) is 9.09. The molecule has 5 nitrogen and oxygen atoms in total. The van der Waals surface area contributed by atoms with Crippen molar-refractivity contribution in [2.24, 2.45) is 11.7 Å². The molecule has 0 radical (unpaired) electrons. The van der Waals surface area contributed by atoms with Gasteiger partial charge in [-0.3, -0.25) is 4.79 Å². The Labute approximate surface area is 106 Å². The first kappa shape index (κ1) is 14.2. The predicted octanol–water partition coefficient (Wildman–Crippen LogP) is 1.33. The maximum atomic E-state index is 12.1. The van der Waals surface area contributed by atoms with E-state index in [1.165, 1.54) is 11.0 Å². The summed E-state index contributed by atoms with van der Waals surface area (Å²) in [5.74, 6) is -1.49. The van der Waals surface area contributed by atoms with Crippen molar-refractivity contribution in [3.05, 3.63) is 29.8 Å². The van der Waals surface area contributed by atoms with Crippen molar-refractivity contribution in [1.82, 2.24) is 0 Å². The molecule has 0 saturated heterocycles. The van der Waals surface area contributed by atoms with Gasteiger partial charge in [0.1, 0.15) is 0 Å². The summed E-state index contributed by atoms with van der Waals surface area (Å²) >= 11 is 0. The highest BCUT2D eigenvalue weighted by atomic mass is 16.4. The molecule has 0 bridgehead atoms. The van der Waals surface area contributed by atoms with Gasteiger partial charge in [-0.25, -0.2) is 4.79 Å². The average molecular weight is 250 g/mol. The van der Waals surface area contributed by atoms with E-state index in [1.807, 2.05) is 6.92 Å². The molecule has 18 heavy (non-hydrogen) atoms. The van der Waals surface area contributed by atoms with E-state index >= 15 is 0 Å². The number of carbonyl (C=O) groups is 2. The summed E-state index contributed by atoms with van der Waals surface area (Å²) in [4.78, 5) is 24.6. The minimum Gasteiger partial charge on any atom is -0.478 e. The van der Waals surface area contributed by atoms with Gasteiger partial charge in [-0.15, -0.1) is 0 Å². The molecule has 0 saturated carbocycles. The standard InChI is InChI=1S/C13H18N2O3/c1-3-9(8-14)12(16)15(2)11-7-5-4-6-10(11)13(17)18/h4-7,9H,3,8,14H2,1-2H3,(H,17,18). The molecule has 0 spiro atoms. The van der Waals surface area contributed by atoms with Crippen LogP contribution in [-0.2, 0) is 4.79 Å². The van der Waals surface area contributed by atoms with E-state index in [-0.39, 0.29) is 23.9 Å². The summed E-state index contributed by atoms with van der Waals surface area (Å²) in [6.45, 7) is 2.14. The first-order chi connectivity index (χ1) is 8.52. The quantitative estimate of drug-likeness (QED) is 0.825. The van der Waals surface area contributed by atoms with E-state index in [4.69, 9.17) is 10.8 Å². The fraction of sp³-hybridized carbons (Fsp3) is 0.385. The lowest BCUT2D eigenvalue weighted by Crippen LogP contribution is -2.37. The largest absolute Gasteiger partial charge is 0.478 e. The van der Waals surface area contributed by atoms with Crippen LogP contribution in [0.1, 0.15) is 23.7 Å². The van der Waals surface area contributed by atoms with Crippen LogP contribution in [0.3, 0.4) is 0 Å². The van der Waals surface area contributed by atoms with Crippen molar-refractivity contribution in [2.45, 2.75) is 13.3 Å². The number of carboxylic acid groups (broad SMARTS) is 1. The van der Waals surface area contributed by atoms with Crippen LogP contribution in [0.25, 0.3) is 0 Å². The third kappa shape index (κ3) is 2.87. The number of hydrogen-bond acceptors (Lipinski definition) is 3. The Morgan fingerprint density at radius 1 is 1.39 bits per heavy atom. The molecule has 0 aliphatic rings. The van der Waals surface area contributed by atoms with E-state index < -0.39 is 5.97 Å². The van der Waals surface area contributed by atoms with Gasteiger partial charge >= 0.3 is 5.97 Å². The lowest BCUT2D eigenvalue weighted by molar-refractivity contribution is -0.121. The molecule has 1 rings (SSSR count). The van der Waals surface area contributed by atoms with Crippen LogP contribution in [0.4, 0.5) is 5.69 Å². The van der Waals surface area contributed by atoms with E-state index in [0.29, 0.717) is 12.1 Å². The number of nitrogens with zero attached hydrogens (tertiary/aromatic N) is 1. The zero-order valence-corrected chi connectivity index (χ0v) is 10.6. The van der Waals surface area contributed by atoms with E-state index in [9.17, 15) is 9.59 Å². The van der Waals surface area contributed by atoms with Gasteiger partial charge in [-0.05, 0) is 18.6 Å². The van der Waals surface area contributed by atoms with Crippen molar-refractivity contribution in [2.75, 3.05) is 18.5 Å². The first-order valence-electron chi connectivity index (χ1n) is 5.82. The van der Waals surface area contributed by atoms with E-state index in [1.54, 1.807) is 25.2 Å². The maximum absolute atomic E-state index is 12.1. The van der Waals surface area contributed by atoms with E-state index in [2.05, 4.69) is 0 Å². The molecule has 3 N–H and O–H groups in total. The second kappa shape index (κ2) is 6.16. The number of aromatic carboxylic acids is 1. The Kier molecular flexibility index (Phi) is 4.85. The van der Waals surface area contributed by atoms with Crippen LogP contribution >= 0.6 is 0 Å². The smallest absolute Gasteiger partial charge is 0.337 e. The molecule has 0 aromatic heterocycles. The first-order valence-corrected chi connectivity index (χ1v) is 5.82. The number of carboxylic acids is 1. The minimum absolute atomic E-state index is 0.111. The Morgan fingerprint density at radius 3 is 2.50 bits per heavy atom. The number of anilines is 1. The Balaban J connectivity index is 3.07. The van der Waals surface area contributed by atoms with Gasteiger partial charge in [0.25, 0.3) is 0 Å². The topological polar surface area (TPSA) is 83.6 Å². The normalized spacial score (nSPS) is 11.9. The van der Waals surface area contributed by atoms with Gasteiger partial charge in [0, 0.05) is 13.6 Å². The second-order valence-corrected chi connectivity index (χ2v) is 4.06. The molecule has 5 heteroatoms. The van der Waals surface area contributed by atoms with Crippen molar-refractivity contribution < 1.29 is 14.7 Å². The van der Waals surface area contributed by atoms with Gasteiger partial charge in [0.15, 0.2) is 0 Å². The van der Waals surface area contributed by atoms with Gasteiger partial charge in [0.2, 0.25) is 5.91 Å². The molecular formula is C13H18N2O3. The Hall–Kier alpha value is -1.88. The predicted molar refractivity (Wildman–Crippen MR) is 69.6 cm³/mol. The SMILES string of the molecule is CCC(CN)C(=O)N(C)c1ccccc1C(=O)O. The van der Waals surface area contributed by atoms with Crippen LogP contribution in [0, 0.1) is 5.92 Å². The second-order valence-electron chi connectivity index (χ2n) is 4.06. The molecule has 1 atom stereocenters. The molecular weight excluding hydrogens is 232 g/mol. The summed E-state index contributed by atoms with van der Waals surface area (Å²) in [7, 11) is 1.57. The Morgan fingerprint density at radius 2 is 2.00 bits per heavy atom. The third-order valence-electron chi connectivity index (χ3n) is 2.95. The highest BCUT2D eigenvalue weighted by Gasteiger charge is 2.23. The number of hydrogen-bond donors (Lipinski definition) is 2. The molecule has 1 aromatic rings. The maximum Gasteiger partial charge on any atom is 0.337 e. The lowest BCUT2D eigenvalue weighted by Gasteiger charge is -2.23. The Bertz CT molecular complexity index is 442. The van der Waals surface area contributed by atoms with Crippen LogP contribution < -0.4 is 10.6 Å². The number of amides is 1. The molecule has 0 aliphatic heterocycles. The summed E-state index contributed by atoms with van der Waals surface area (Å²) in [6, 6.07) is 6.43. The van der Waals surface area contributed by atoms with Gasteiger partial charge in [0.05, 0.1) is 17.2 Å². The molecule has 98 valence electrons. The summed E-state index contributed by atoms with van der Waals surface area (Å²) in [5.41, 5.74) is 6.04. The fourth-order valence-corrected chi connectivity index (χ4v) is 1.78. The monoisotopic (exact) mass is 250 g/mol. The van der Waals surface area contributed by atoms with Gasteiger partial charge in [-0.2, -0.15) is 0 Å². The molecule has 0 heterocycles. The van der Waals surface area contributed by atoms with Crippen molar-refractivity contribution in [3.63, 3.8) is 0 Å². The van der Waals surface area contributed by atoms with Gasteiger partial charge in [-0.1, -0.05) is 19.1 Å². The van der Waals surface area contributed by atoms with E-state index in [0.717, 1.165) is 0 Å². The fourth-order valence-electron chi connectivity index (χ4n) is 1.78. The van der Waals surface area contributed by atoms with Crippen LogP contribution in [-0.4, -0.2) is 30.6 Å². The lowest BCUT2D eigenvalue weighted by atomic mass is 10.0. The summed E-state index contributed by atoms with van der Waals surface area (Å²) in [6.07, 6.45) is 0.634. The van der Waals surface area contributed by atoms with Crippen molar-refractivity contribution in [1.29, 1.82) is 0 Å². The number of benzene rings is 1. The minimum atomic E-state index is -1.05. The molecule has 0 aliphatic carbocycles. The highest BCUT2D eigenvalue weighted by molar-refractivity contribution is 6.02. The molecule has 0 fully saturated rings. The molecule has 1 amide bonds. The molecule has 1 unspecified atom stereocenters. The number of nitrogens with two attached hydrogens (primary N) is 1. The van der Waals surface area contributed by atoms with Crippen molar-refractivity contribution >= 4 is 17.6 Å². The van der Waals surface area contributed by atoms with Crippen molar-refractivity contribution in [3.8, 4) is 0 Å². The zero-order chi connectivity index (χ0) is 13.7. The number of para-hydroxylation sites is 1. The number of carbonyl (C=O) groups excluding carboxylic acids is 1. The van der Waals surface area contributed by atoms with Crippen LogP contribution in [0.2, 0.25) is 0 Å². The highest BCUT2D eigenvalue weighted by Crippen LogP contribution is 2.21. The zero-order valence-electron chi connectivity index (χ0n) is 10.6. The average Bonchev–Trinajstić information content (AvgIpc) is 2.39. The van der Waals surface area contributed by atoms with Gasteiger partial charge < -0.3 is 15.7 Å². The third-order valence-corrected chi connectivity index (χ3v) is 2.95. The summed E-state index contributed by atoms with van der Waals surface area (Å²) < 4.78 is 0. The van der Waals surface area contributed by atoms with Crippen LogP contribution in [0.15, 0.2) is 24.3 Å². The number of rotatable bonds is 5. The molecule has 1 aromatic carbocycles.